The quantitative estimate of drug-likeness (QED) is 0.791. The first-order valence-electron chi connectivity index (χ1n) is 5.50. The van der Waals surface area contributed by atoms with Gasteiger partial charge in [0.25, 0.3) is 0 Å². The minimum absolute atomic E-state index is 0.340. The van der Waals surface area contributed by atoms with Crippen molar-refractivity contribution in [3.63, 3.8) is 0 Å². The number of esters is 1. The standard InChI is InChI=1S/C14H11NO2S/c1-2-17-14(16)10-3-4-11(8-15)13(7-10)12-5-6-18-9-12/h3-7,9H,2H2,1H3. The number of benzene rings is 1. The Balaban J connectivity index is 2.47. The fourth-order valence-corrected chi connectivity index (χ4v) is 2.30. The molecule has 1 heterocycles. The number of rotatable bonds is 3. The highest BCUT2D eigenvalue weighted by molar-refractivity contribution is 7.08. The highest BCUT2D eigenvalue weighted by Crippen LogP contribution is 2.27. The smallest absolute Gasteiger partial charge is 0.338 e. The molecule has 0 spiro atoms. The number of nitriles is 1. The Morgan fingerprint density at radius 1 is 1.44 bits per heavy atom. The first-order valence-corrected chi connectivity index (χ1v) is 6.44. The summed E-state index contributed by atoms with van der Waals surface area (Å²) in [7, 11) is 0. The molecule has 0 saturated carbocycles. The van der Waals surface area contributed by atoms with Crippen LogP contribution in [0.1, 0.15) is 22.8 Å². The van der Waals surface area contributed by atoms with Crippen LogP contribution >= 0.6 is 11.3 Å². The summed E-state index contributed by atoms with van der Waals surface area (Å²) in [6.07, 6.45) is 0. The van der Waals surface area contributed by atoms with E-state index in [4.69, 9.17) is 10.00 Å². The van der Waals surface area contributed by atoms with Crippen molar-refractivity contribution in [2.24, 2.45) is 0 Å². The van der Waals surface area contributed by atoms with Gasteiger partial charge in [-0.25, -0.2) is 4.79 Å². The number of carbonyl (C=O) groups excluding carboxylic acids is 1. The van der Waals surface area contributed by atoms with E-state index in [2.05, 4.69) is 6.07 Å². The fraction of sp³-hybridized carbons (Fsp3) is 0.143. The van der Waals surface area contributed by atoms with Crippen LogP contribution in [0.15, 0.2) is 35.0 Å². The molecule has 0 bridgehead atoms. The van der Waals surface area contributed by atoms with Crippen molar-refractivity contribution < 1.29 is 9.53 Å². The maximum absolute atomic E-state index is 11.7. The normalized spacial score (nSPS) is 9.78. The first kappa shape index (κ1) is 12.3. The van der Waals surface area contributed by atoms with E-state index in [1.54, 1.807) is 36.5 Å². The molecule has 0 N–H and O–H groups in total. The molecule has 0 saturated heterocycles. The summed E-state index contributed by atoms with van der Waals surface area (Å²) in [4.78, 5) is 11.7. The van der Waals surface area contributed by atoms with Gasteiger partial charge >= 0.3 is 5.97 Å². The molecule has 2 aromatic rings. The Labute approximate surface area is 109 Å². The summed E-state index contributed by atoms with van der Waals surface area (Å²) in [5.74, 6) is -0.363. The fourth-order valence-electron chi connectivity index (χ4n) is 1.64. The molecule has 0 fully saturated rings. The van der Waals surface area contributed by atoms with Gasteiger partial charge in [-0.1, -0.05) is 0 Å². The molecule has 0 atom stereocenters. The molecule has 0 radical (unpaired) electrons. The van der Waals surface area contributed by atoms with E-state index in [-0.39, 0.29) is 5.97 Å². The van der Waals surface area contributed by atoms with Gasteiger partial charge in [-0.05, 0) is 47.5 Å². The third kappa shape index (κ3) is 2.41. The molecule has 2 rings (SSSR count). The van der Waals surface area contributed by atoms with E-state index in [1.807, 2.05) is 16.8 Å². The lowest BCUT2D eigenvalue weighted by atomic mass is 10.00. The van der Waals surface area contributed by atoms with E-state index in [0.29, 0.717) is 17.7 Å². The molecule has 90 valence electrons. The number of thiophene rings is 1. The van der Waals surface area contributed by atoms with Crippen LogP contribution in [0.25, 0.3) is 11.1 Å². The van der Waals surface area contributed by atoms with Gasteiger partial charge in [-0.15, -0.1) is 0 Å². The molecule has 0 unspecified atom stereocenters. The number of nitrogens with zero attached hydrogens (tertiary/aromatic N) is 1. The Bertz CT molecular complexity index is 597. The molecule has 18 heavy (non-hydrogen) atoms. The number of hydrogen-bond acceptors (Lipinski definition) is 4. The van der Waals surface area contributed by atoms with Crippen LogP contribution < -0.4 is 0 Å². The molecule has 0 amide bonds. The zero-order valence-electron chi connectivity index (χ0n) is 9.84. The van der Waals surface area contributed by atoms with Gasteiger partial charge in [-0.3, -0.25) is 0 Å². The Morgan fingerprint density at radius 3 is 2.89 bits per heavy atom. The van der Waals surface area contributed by atoms with Crippen molar-refractivity contribution in [2.75, 3.05) is 6.61 Å². The lowest BCUT2D eigenvalue weighted by Gasteiger charge is -2.06. The van der Waals surface area contributed by atoms with Crippen LogP contribution in [0.2, 0.25) is 0 Å². The van der Waals surface area contributed by atoms with Gasteiger partial charge in [0, 0.05) is 5.56 Å². The average Bonchev–Trinajstić information content (AvgIpc) is 2.92. The molecule has 0 aliphatic rings. The molecule has 0 aliphatic carbocycles. The zero-order valence-corrected chi connectivity index (χ0v) is 10.7. The Morgan fingerprint density at radius 2 is 2.28 bits per heavy atom. The second-order valence-corrected chi connectivity index (χ2v) is 4.38. The van der Waals surface area contributed by atoms with Crippen molar-refractivity contribution in [3.8, 4) is 17.2 Å². The third-order valence-corrected chi connectivity index (χ3v) is 3.17. The molecule has 1 aromatic heterocycles. The monoisotopic (exact) mass is 257 g/mol. The molecule has 4 heteroatoms. The zero-order chi connectivity index (χ0) is 13.0. The van der Waals surface area contributed by atoms with E-state index in [1.165, 1.54) is 0 Å². The van der Waals surface area contributed by atoms with Crippen LogP contribution in [0, 0.1) is 11.3 Å². The van der Waals surface area contributed by atoms with Crippen molar-refractivity contribution in [1.82, 2.24) is 0 Å². The predicted octanol–water partition coefficient (Wildman–Crippen LogP) is 3.46. The van der Waals surface area contributed by atoms with Crippen molar-refractivity contribution in [3.05, 3.63) is 46.2 Å². The average molecular weight is 257 g/mol. The van der Waals surface area contributed by atoms with Gasteiger partial charge in [0.1, 0.15) is 0 Å². The van der Waals surface area contributed by atoms with Crippen LogP contribution in [-0.4, -0.2) is 12.6 Å². The van der Waals surface area contributed by atoms with Gasteiger partial charge in [0.2, 0.25) is 0 Å². The van der Waals surface area contributed by atoms with E-state index < -0.39 is 0 Å². The van der Waals surface area contributed by atoms with Gasteiger partial charge in [0.05, 0.1) is 23.8 Å². The molecule has 0 aliphatic heterocycles. The minimum Gasteiger partial charge on any atom is -0.462 e. The maximum Gasteiger partial charge on any atom is 0.338 e. The first-order chi connectivity index (χ1) is 8.76. The topological polar surface area (TPSA) is 50.1 Å². The van der Waals surface area contributed by atoms with Crippen molar-refractivity contribution in [2.45, 2.75) is 6.92 Å². The number of hydrogen-bond donors (Lipinski definition) is 0. The molecular weight excluding hydrogens is 246 g/mol. The summed E-state index contributed by atoms with van der Waals surface area (Å²) in [5, 5.41) is 13.0. The van der Waals surface area contributed by atoms with E-state index >= 15 is 0 Å². The highest BCUT2D eigenvalue weighted by atomic mass is 32.1. The van der Waals surface area contributed by atoms with Crippen molar-refractivity contribution >= 4 is 17.3 Å². The SMILES string of the molecule is CCOC(=O)c1ccc(C#N)c(-c2ccsc2)c1. The molecule has 1 aromatic carbocycles. The van der Waals surface area contributed by atoms with Crippen LogP contribution in [-0.2, 0) is 4.74 Å². The van der Waals surface area contributed by atoms with Gasteiger partial charge < -0.3 is 4.74 Å². The summed E-state index contributed by atoms with van der Waals surface area (Å²) in [6, 6.07) is 9.04. The molecular formula is C14H11NO2S. The van der Waals surface area contributed by atoms with E-state index in [0.717, 1.165) is 11.1 Å². The second-order valence-electron chi connectivity index (χ2n) is 3.60. The second kappa shape index (κ2) is 5.48. The predicted molar refractivity (Wildman–Crippen MR) is 70.4 cm³/mol. The molecule has 3 nitrogen and oxygen atoms in total. The van der Waals surface area contributed by atoms with Gasteiger partial charge in [-0.2, -0.15) is 16.6 Å². The van der Waals surface area contributed by atoms with Crippen LogP contribution in [0.4, 0.5) is 0 Å². The Hall–Kier alpha value is -2.12. The minimum atomic E-state index is -0.363. The summed E-state index contributed by atoms with van der Waals surface area (Å²) in [6.45, 7) is 2.11. The third-order valence-electron chi connectivity index (χ3n) is 2.48. The van der Waals surface area contributed by atoms with Crippen LogP contribution in [0.5, 0.6) is 0 Å². The summed E-state index contributed by atoms with van der Waals surface area (Å²) >= 11 is 1.55. The van der Waals surface area contributed by atoms with Crippen molar-refractivity contribution in [1.29, 1.82) is 5.26 Å². The largest absolute Gasteiger partial charge is 0.462 e. The van der Waals surface area contributed by atoms with Crippen LogP contribution in [0.3, 0.4) is 0 Å². The lowest BCUT2D eigenvalue weighted by Crippen LogP contribution is -2.04. The van der Waals surface area contributed by atoms with Gasteiger partial charge in [0.15, 0.2) is 0 Å². The lowest BCUT2D eigenvalue weighted by molar-refractivity contribution is 0.0526. The van der Waals surface area contributed by atoms with E-state index in [9.17, 15) is 4.79 Å². The Kier molecular flexibility index (Phi) is 3.75. The number of carbonyl (C=O) groups is 1. The number of ether oxygens (including phenoxy) is 1. The summed E-state index contributed by atoms with van der Waals surface area (Å²) in [5.41, 5.74) is 2.74. The highest BCUT2D eigenvalue weighted by Gasteiger charge is 2.11. The maximum atomic E-state index is 11.7. The summed E-state index contributed by atoms with van der Waals surface area (Å²) < 4.78 is 4.95.